The first-order valence-corrected chi connectivity index (χ1v) is 9.00. The molecule has 1 aromatic carbocycles. The monoisotopic (exact) mass is 352 g/mol. The van der Waals surface area contributed by atoms with Gasteiger partial charge in [-0.1, -0.05) is 5.16 Å². The van der Waals surface area contributed by atoms with Crippen molar-refractivity contribution in [1.29, 1.82) is 0 Å². The predicted octanol–water partition coefficient (Wildman–Crippen LogP) is 1.45. The van der Waals surface area contributed by atoms with Crippen molar-refractivity contribution in [2.45, 2.75) is 6.92 Å². The van der Waals surface area contributed by atoms with Crippen LogP contribution < -0.4 is 14.5 Å². The zero-order chi connectivity index (χ0) is 17.9. The number of aryl methyl sites for hydroxylation is 1. The van der Waals surface area contributed by atoms with Crippen molar-refractivity contribution >= 4 is 33.1 Å². The summed E-state index contributed by atoms with van der Waals surface area (Å²) in [5.41, 5.74) is 1.57. The maximum Gasteiger partial charge on any atom is 0.245 e. The number of aromatic nitrogens is 1. The summed E-state index contributed by atoms with van der Waals surface area (Å²) in [6.45, 7) is 1.25. The Hall–Kier alpha value is -2.55. The highest BCUT2D eigenvalue weighted by molar-refractivity contribution is 7.92. The Morgan fingerprint density at radius 1 is 1.25 bits per heavy atom. The molecule has 0 fully saturated rings. The Bertz CT molecular complexity index is 812. The molecule has 9 heteroatoms. The van der Waals surface area contributed by atoms with Crippen LogP contribution in [0.2, 0.25) is 0 Å². The molecule has 0 saturated heterocycles. The van der Waals surface area contributed by atoms with Gasteiger partial charge in [0.2, 0.25) is 15.9 Å². The van der Waals surface area contributed by atoms with Crippen LogP contribution in [0, 0.1) is 6.92 Å². The lowest BCUT2D eigenvalue weighted by Crippen LogP contribution is -2.37. The van der Waals surface area contributed by atoms with E-state index >= 15 is 0 Å². The fourth-order valence-electron chi connectivity index (χ4n) is 2.01. The normalized spacial score (nSPS) is 11.2. The fourth-order valence-corrected chi connectivity index (χ4v) is 2.79. The zero-order valence-corrected chi connectivity index (χ0v) is 14.8. The van der Waals surface area contributed by atoms with Gasteiger partial charge in [-0.3, -0.25) is 4.79 Å². The molecule has 1 heterocycles. The molecule has 0 bridgehead atoms. The highest BCUT2D eigenvalue weighted by atomic mass is 32.2. The van der Waals surface area contributed by atoms with E-state index in [1.807, 2.05) is 31.1 Å². The third kappa shape index (κ3) is 4.48. The van der Waals surface area contributed by atoms with Crippen molar-refractivity contribution in [3.05, 3.63) is 36.1 Å². The van der Waals surface area contributed by atoms with E-state index in [1.165, 1.54) is 6.07 Å². The molecule has 0 radical (unpaired) electrons. The zero-order valence-electron chi connectivity index (χ0n) is 14.0. The van der Waals surface area contributed by atoms with Crippen LogP contribution in [0.15, 0.2) is 34.9 Å². The third-order valence-corrected chi connectivity index (χ3v) is 4.34. The molecular formula is C15H20N4O4S. The summed E-state index contributed by atoms with van der Waals surface area (Å²) in [6, 6.07) is 8.66. The molecule has 0 atom stereocenters. The fraction of sp³-hybridized carbons (Fsp3) is 0.333. The Kier molecular flexibility index (Phi) is 5.13. The van der Waals surface area contributed by atoms with E-state index in [4.69, 9.17) is 4.52 Å². The number of nitrogens with zero attached hydrogens (tertiary/aromatic N) is 3. The molecule has 130 valence electrons. The molecule has 0 spiro atoms. The maximum atomic E-state index is 12.2. The summed E-state index contributed by atoms with van der Waals surface area (Å²) in [7, 11) is 0.162. The second kappa shape index (κ2) is 6.91. The molecule has 24 heavy (non-hydrogen) atoms. The highest BCUT2D eigenvalue weighted by Gasteiger charge is 2.23. The van der Waals surface area contributed by atoms with E-state index in [0.717, 1.165) is 16.2 Å². The van der Waals surface area contributed by atoms with E-state index in [0.29, 0.717) is 11.4 Å². The molecule has 2 aromatic rings. The molecule has 0 unspecified atom stereocenters. The second-order valence-electron chi connectivity index (χ2n) is 5.55. The summed E-state index contributed by atoms with van der Waals surface area (Å²) in [4.78, 5) is 14.1. The number of rotatable bonds is 6. The highest BCUT2D eigenvalue weighted by Crippen LogP contribution is 2.18. The minimum Gasteiger partial charge on any atom is -0.378 e. The third-order valence-electron chi connectivity index (χ3n) is 3.23. The van der Waals surface area contributed by atoms with Gasteiger partial charge in [0.25, 0.3) is 0 Å². The number of anilines is 3. The number of amides is 1. The predicted molar refractivity (Wildman–Crippen MR) is 92.8 cm³/mol. The van der Waals surface area contributed by atoms with Crippen LogP contribution >= 0.6 is 0 Å². The average molecular weight is 352 g/mol. The summed E-state index contributed by atoms with van der Waals surface area (Å²) in [5.74, 6) is 0.0603. The lowest BCUT2D eigenvalue weighted by atomic mass is 10.2. The van der Waals surface area contributed by atoms with Gasteiger partial charge in [-0.2, -0.15) is 0 Å². The second-order valence-corrected chi connectivity index (χ2v) is 7.46. The molecule has 0 saturated carbocycles. The minimum atomic E-state index is -3.67. The van der Waals surface area contributed by atoms with Crippen molar-refractivity contribution < 1.29 is 17.7 Å². The number of carbonyl (C=O) groups is 1. The quantitative estimate of drug-likeness (QED) is 0.845. The first-order valence-electron chi connectivity index (χ1n) is 7.15. The van der Waals surface area contributed by atoms with Gasteiger partial charge in [-0.05, 0) is 31.2 Å². The van der Waals surface area contributed by atoms with Gasteiger partial charge in [0.05, 0.1) is 6.26 Å². The molecular weight excluding hydrogens is 332 g/mol. The molecule has 1 amide bonds. The Morgan fingerprint density at radius 3 is 2.33 bits per heavy atom. The molecule has 1 aromatic heterocycles. The number of benzene rings is 1. The summed E-state index contributed by atoms with van der Waals surface area (Å²) < 4.78 is 29.6. The van der Waals surface area contributed by atoms with Gasteiger partial charge in [0.1, 0.15) is 12.3 Å². The van der Waals surface area contributed by atoms with E-state index in [1.54, 1.807) is 19.1 Å². The van der Waals surface area contributed by atoms with Crippen molar-refractivity contribution in [3.8, 4) is 0 Å². The Morgan fingerprint density at radius 2 is 1.88 bits per heavy atom. The number of hydrogen-bond donors (Lipinski definition) is 1. The van der Waals surface area contributed by atoms with Crippen molar-refractivity contribution in [2.75, 3.05) is 41.4 Å². The summed E-state index contributed by atoms with van der Waals surface area (Å²) >= 11 is 0. The average Bonchev–Trinajstić information content (AvgIpc) is 2.90. The van der Waals surface area contributed by atoms with Crippen LogP contribution in [0.4, 0.5) is 17.2 Å². The van der Waals surface area contributed by atoms with Gasteiger partial charge in [0, 0.05) is 31.5 Å². The van der Waals surface area contributed by atoms with Gasteiger partial charge < -0.3 is 14.7 Å². The Balaban J connectivity index is 2.11. The molecule has 1 N–H and O–H groups in total. The van der Waals surface area contributed by atoms with E-state index in [-0.39, 0.29) is 12.4 Å². The van der Waals surface area contributed by atoms with Crippen LogP contribution in [-0.4, -0.2) is 46.4 Å². The first kappa shape index (κ1) is 17.8. The van der Waals surface area contributed by atoms with Crippen molar-refractivity contribution in [2.24, 2.45) is 0 Å². The minimum absolute atomic E-state index is 0.0769. The first-order chi connectivity index (χ1) is 11.2. The molecule has 8 nitrogen and oxygen atoms in total. The van der Waals surface area contributed by atoms with Crippen LogP contribution in [0.5, 0.6) is 0 Å². The van der Waals surface area contributed by atoms with E-state index in [2.05, 4.69) is 10.5 Å². The van der Waals surface area contributed by atoms with Crippen molar-refractivity contribution in [1.82, 2.24) is 5.16 Å². The van der Waals surface area contributed by atoms with Crippen LogP contribution in [0.25, 0.3) is 0 Å². The summed E-state index contributed by atoms with van der Waals surface area (Å²) in [6.07, 6.45) is 1.01. The molecule has 0 aliphatic carbocycles. The van der Waals surface area contributed by atoms with Gasteiger partial charge >= 0.3 is 0 Å². The number of carbonyl (C=O) groups excluding carboxylic acids is 1. The SMILES string of the molecule is Cc1cc(N(CC(=O)Nc2ccc(N(C)C)cc2)S(C)(=O)=O)no1. The van der Waals surface area contributed by atoms with Crippen molar-refractivity contribution in [3.63, 3.8) is 0 Å². The topological polar surface area (TPSA) is 95.8 Å². The van der Waals surface area contributed by atoms with E-state index in [9.17, 15) is 13.2 Å². The van der Waals surface area contributed by atoms with Crippen LogP contribution in [-0.2, 0) is 14.8 Å². The molecule has 2 rings (SSSR count). The van der Waals surface area contributed by atoms with E-state index < -0.39 is 15.9 Å². The number of sulfonamides is 1. The van der Waals surface area contributed by atoms with Crippen LogP contribution in [0.3, 0.4) is 0 Å². The summed E-state index contributed by atoms with van der Waals surface area (Å²) in [5, 5.41) is 6.33. The molecule has 0 aliphatic heterocycles. The molecule has 0 aliphatic rings. The van der Waals surface area contributed by atoms with Gasteiger partial charge in [0.15, 0.2) is 5.82 Å². The number of hydrogen-bond acceptors (Lipinski definition) is 6. The number of nitrogens with one attached hydrogen (secondary N) is 1. The van der Waals surface area contributed by atoms with Crippen LogP contribution in [0.1, 0.15) is 5.76 Å². The lowest BCUT2D eigenvalue weighted by Gasteiger charge is -2.18. The van der Waals surface area contributed by atoms with Gasteiger partial charge in [-0.15, -0.1) is 0 Å². The standard InChI is InChI=1S/C15H20N4O4S/c1-11-9-14(17-23-11)19(24(4,21)22)10-15(20)16-12-5-7-13(8-6-12)18(2)3/h5-9H,10H2,1-4H3,(H,16,20). The largest absolute Gasteiger partial charge is 0.378 e. The van der Waals surface area contributed by atoms with Gasteiger partial charge in [-0.25, -0.2) is 12.7 Å². The lowest BCUT2D eigenvalue weighted by molar-refractivity contribution is -0.114. The Labute approximate surface area is 141 Å². The smallest absolute Gasteiger partial charge is 0.245 e. The maximum absolute atomic E-state index is 12.2.